The van der Waals surface area contributed by atoms with Gasteiger partial charge in [-0.3, -0.25) is 0 Å². The highest BCUT2D eigenvalue weighted by Gasteiger charge is 2.20. The molecule has 0 N–H and O–H groups in total. The van der Waals surface area contributed by atoms with Gasteiger partial charge in [0.25, 0.3) is 0 Å². The number of benzene rings is 1. The normalized spacial score (nSPS) is 20.8. The topological polar surface area (TPSA) is 12.5 Å². The van der Waals surface area contributed by atoms with Gasteiger partial charge in [0.05, 0.1) is 12.0 Å². The van der Waals surface area contributed by atoms with Crippen LogP contribution in [0.1, 0.15) is 25.3 Å². The summed E-state index contributed by atoms with van der Waals surface area (Å²) < 4.78 is 19.5. The lowest BCUT2D eigenvalue weighted by molar-refractivity contribution is 0.0664. The molecule has 1 aliphatic rings. The van der Waals surface area contributed by atoms with E-state index in [9.17, 15) is 4.39 Å². The second kappa shape index (κ2) is 6.39. The third kappa shape index (κ3) is 2.96. The Kier molecular flexibility index (Phi) is 4.84. The summed E-state index contributed by atoms with van der Waals surface area (Å²) in [6.45, 7) is 4.59. The summed E-state index contributed by atoms with van der Waals surface area (Å²) >= 11 is 5.87. The molecule has 1 saturated heterocycles. The second-order valence-electron chi connectivity index (χ2n) is 4.57. The molecule has 0 saturated carbocycles. The number of halogens is 2. The SMILES string of the molecule is CCC1CN(c2cccc(F)c2CCl)CCCO1. The molecular weight excluding hydrogens is 253 g/mol. The summed E-state index contributed by atoms with van der Waals surface area (Å²) in [7, 11) is 0. The first-order chi connectivity index (χ1) is 8.76. The average molecular weight is 272 g/mol. The monoisotopic (exact) mass is 271 g/mol. The minimum atomic E-state index is -0.222. The molecule has 0 radical (unpaired) electrons. The van der Waals surface area contributed by atoms with Gasteiger partial charge in [0.1, 0.15) is 5.82 Å². The maximum absolute atomic E-state index is 13.7. The van der Waals surface area contributed by atoms with Crippen molar-refractivity contribution in [2.24, 2.45) is 0 Å². The van der Waals surface area contributed by atoms with E-state index in [1.807, 2.05) is 6.07 Å². The number of anilines is 1. The molecule has 2 rings (SSSR count). The maximum Gasteiger partial charge on any atom is 0.129 e. The van der Waals surface area contributed by atoms with Crippen molar-refractivity contribution in [2.75, 3.05) is 24.6 Å². The molecule has 1 fully saturated rings. The highest BCUT2D eigenvalue weighted by Crippen LogP contribution is 2.26. The van der Waals surface area contributed by atoms with E-state index in [1.165, 1.54) is 6.07 Å². The van der Waals surface area contributed by atoms with E-state index in [2.05, 4.69) is 11.8 Å². The quantitative estimate of drug-likeness (QED) is 0.780. The molecular formula is C14H19ClFNO. The van der Waals surface area contributed by atoms with Crippen molar-refractivity contribution in [3.63, 3.8) is 0 Å². The molecule has 0 bridgehead atoms. The fraction of sp³-hybridized carbons (Fsp3) is 0.571. The highest BCUT2D eigenvalue weighted by molar-refractivity contribution is 6.17. The predicted octanol–water partition coefficient (Wildman–Crippen LogP) is 3.57. The van der Waals surface area contributed by atoms with E-state index < -0.39 is 0 Å². The molecule has 0 aliphatic carbocycles. The Bertz CT molecular complexity index is 399. The molecule has 2 nitrogen and oxygen atoms in total. The lowest BCUT2D eigenvalue weighted by atomic mass is 10.1. The Balaban J connectivity index is 2.26. The molecule has 1 atom stereocenters. The first-order valence-corrected chi connectivity index (χ1v) is 6.99. The summed E-state index contributed by atoms with van der Waals surface area (Å²) in [4.78, 5) is 2.20. The molecule has 1 aromatic carbocycles. The zero-order valence-corrected chi connectivity index (χ0v) is 11.4. The minimum absolute atomic E-state index is 0.205. The zero-order chi connectivity index (χ0) is 13.0. The summed E-state index contributed by atoms with van der Waals surface area (Å²) in [5.41, 5.74) is 1.50. The summed E-state index contributed by atoms with van der Waals surface area (Å²) in [5, 5.41) is 0. The number of hydrogen-bond donors (Lipinski definition) is 0. The number of alkyl halides is 1. The molecule has 1 heterocycles. The highest BCUT2D eigenvalue weighted by atomic mass is 35.5. The molecule has 4 heteroatoms. The van der Waals surface area contributed by atoms with Gasteiger partial charge in [-0.2, -0.15) is 0 Å². The van der Waals surface area contributed by atoms with E-state index in [0.717, 1.165) is 38.2 Å². The number of ether oxygens (including phenoxy) is 1. The first-order valence-electron chi connectivity index (χ1n) is 6.46. The smallest absolute Gasteiger partial charge is 0.129 e. The Labute approximate surface area is 113 Å². The predicted molar refractivity (Wildman–Crippen MR) is 72.8 cm³/mol. The minimum Gasteiger partial charge on any atom is -0.376 e. The summed E-state index contributed by atoms with van der Waals surface area (Å²) in [6.07, 6.45) is 2.16. The van der Waals surface area contributed by atoms with Crippen LogP contribution in [0.15, 0.2) is 18.2 Å². The first kappa shape index (κ1) is 13.6. The molecule has 0 aromatic heterocycles. The standard InChI is InChI=1S/C14H19ClFNO/c1-2-11-10-17(7-4-8-18-11)14-6-3-5-13(16)12(14)9-15/h3,5-6,11H,2,4,7-10H2,1H3. The van der Waals surface area contributed by atoms with Crippen LogP contribution in [0, 0.1) is 5.82 Å². The molecule has 1 aromatic rings. The zero-order valence-electron chi connectivity index (χ0n) is 10.7. The van der Waals surface area contributed by atoms with Gasteiger partial charge >= 0.3 is 0 Å². The molecule has 0 amide bonds. The van der Waals surface area contributed by atoms with E-state index >= 15 is 0 Å². The number of hydrogen-bond acceptors (Lipinski definition) is 2. The van der Waals surface area contributed by atoms with Crippen LogP contribution < -0.4 is 4.90 Å². The molecule has 1 unspecified atom stereocenters. The van der Waals surface area contributed by atoms with Gasteiger partial charge in [-0.15, -0.1) is 11.6 Å². The summed E-state index contributed by atoms with van der Waals surface area (Å²) in [6, 6.07) is 5.15. The fourth-order valence-electron chi connectivity index (χ4n) is 2.34. The van der Waals surface area contributed by atoms with Crippen LogP contribution in [0.5, 0.6) is 0 Å². The van der Waals surface area contributed by atoms with Crippen LogP contribution in [0.4, 0.5) is 10.1 Å². The average Bonchev–Trinajstić information content (AvgIpc) is 2.63. The van der Waals surface area contributed by atoms with Crippen molar-refractivity contribution < 1.29 is 9.13 Å². The lowest BCUT2D eigenvalue weighted by Gasteiger charge is -2.27. The van der Waals surface area contributed by atoms with E-state index in [-0.39, 0.29) is 17.8 Å². The van der Waals surface area contributed by atoms with Crippen LogP contribution in [-0.2, 0) is 10.6 Å². The van der Waals surface area contributed by atoms with Gasteiger partial charge in [0.15, 0.2) is 0 Å². The second-order valence-corrected chi connectivity index (χ2v) is 4.84. The van der Waals surface area contributed by atoms with Gasteiger partial charge < -0.3 is 9.64 Å². The van der Waals surface area contributed by atoms with Gasteiger partial charge in [0, 0.05) is 30.9 Å². The van der Waals surface area contributed by atoms with Crippen molar-refractivity contribution in [3.8, 4) is 0 Å². The van der Waals surface area contributed by atoms with Crippen LogP contribution in [0.2, 0.25) is 0 Å². The van der Waals surface area contributed by atoms with Crippen LogP contribution >= 0.6 is 11.6 Å². The van der Waals surface area contributed by atoms with E-state index in [4.69, 9.17) is 16.3 Å². The van der Waals surface area contributed by atoms with E-state index in [1.54, 1.807) is 6.07 Å². The Hall–Kier alpha value is -0.800. The van der Waals surface area contributed by atoms with Crippen molar-refractivity contribution in [3.05, 3.63) is 29.6 Å². The Morgan fingerprint density at radius 3 is 3.06 bits per heavy atom. The van der Waals surface area contributed by atoms with Crippen molar-refractivity contribution >= 4 is 17.3 Å². The largest absolute Gasteiger partial charge is 0.376 e. The molecule has 100 valence electrons. The third-order valence-corrected chi connectivity index (χ3v) is 3.64. The van der Waals surface area contributed by atoms with Crippen LogP contribution in [-0.4, -0.2) is 25.8 Å². The fourth-order valence-corrected chi connectivity index (χ4v) is 2.60. The van der Waals surface area contributed by atoms with Crippen molar-refractivity contribution in [2.45, 2.75) is 31.7 Å². The molecule has 1 aliphatic heterocycles. The maximum atomic E-state index is 13.7. The van der Waals surface area contributed by atoms with E-state index in [0.29, 0.717) is 5.56 Å². The Morgan fingerprint density at radius 1 is 1.50 bits per heavy atom. The third-order valence-electron chi connectivity index (χ3n) is 3.37. The number of nitrogens with zero attached hydrogens (tertiary/aromatic N) is 1. The van der Waals surface area contributed by atoms with Gasteiger partial charge in [-0.25, -0.2) is 4.39 Å². The van der Waals surface area contributed by atoms with Crippen LogP contribution in [0.3, 0.4) is 0 Å². The number of rotatable bonds is 3. The van der Waals surface area contributed by atoms with Crippen molar-refractivity contribution in [1.82, 2.24) is 0 Å². The Morgan fingerprint density at radius 2 is 2.33 bits per heavy atom. The molecule has 18 heavy (non-hydrogen) atoms. The lowest BCUT2D eigenvalue weighted by Crippen LogP contribution is -2.32. The van der Waals surface area contributed by atoms with Gasteiger partial charge in [-0.1, -0.05) is 13.0 Å². The molecule has 0 spiro atoms. The van der Waals surface area contributed by atoms with Crippen molar-refractivity contribution in [1.29, 1.82) is 0 Å². The van der Waals surface area contributed by atoms with Crippen LogP contribution in [0.25, 0.3) is 0 Å². The van der Waals surface area contributed by atoms with Gasteiger partial charge in [-0.05, 0) is 25.0 Å². The van der Waals surface area contributed by atoms with Gasteiger partial charge in [0.2, 0.25) is 0 Å². The summed E-state index contributed by atoms with van der Waals surface area (Å²) in [5.74, 6) is -0.0170.